The fraction of sp³-hybridized carbons (Fsp3) is 0.478. The molecule has 1 aliphatic rings. The van der Waals surface area contributed by atoms with E-state index in [1.54, 1.807) is 43.9 Å². The number of rotatable bonds is 7. The van der Waals surface area contributed by atoms with Crippen molar-refractivity contribution in [1.82, 2.24) is 20.0 Å². The van der Waals surface area contributed by atoms with E-state index in [0.29, 0.717) is 12.8 Å². The molecule has 2 heterocycles. The summed E-state index contributed by atoms with van der Waals surface area (Å²) in [7, 11) is 0. The zero-order valence-corrected chi connectivity index (χ0v) is 18.6. The number of carboxylic acid groups (broad SMARTS) is 1. The first-order valence-electron chi connectivity index (χ1n) is 10.7. The van der Waals surface area contributed by atoms with Gasteiger partial charge >= 0.3 is 12.1 Å². The van der Waals surface area contributed by atoms with E-state index in [1.165, 1.54) is 4.90 Å². The number of benzene rings is 1. The van der Waals surface area contributed by atoms with Gasteiger partial charge in [-0.15, -0.1) is 0 Å². The number of carbonyl (C=O) groups excluding carboxylic acids is 2. The molecule has 1 aromatic carbocycles. The molecule has 2 aromatic rings. The Balaban J connectivity index is 1.78. The lowest BCUT2D eigenvalue weighted by Crippen LogP contribution is -2.52. The minimum Gasteiger partial charge on any atom is -0.480 e. The third-order valence-corrected chi connectivity index (χ3v) is 5.30. The van der Waals surface area contributed by atoms with Crippen LogP contribution in [-0.4, -0.2) is 62.0 Å². The number of ether oxygens (including phenoxy) is 1. The number of nitrogens with zero attached hydrogens (tertiary/aromatic N) is 3. The van der Waals surface area contributed by atoms with Gasteiger partial charge in [0.25, 0.3) is 0 Å². The maximum atomic E-state index is 13.5. The van der Waals surface area contributed by atoms with Crippen molar-refractivity contribution in [2.45, 2.75) is 63.8 Å². The van der Waals surface area contributed by atoms with E-state index in [0.717, 1.165) is 5.56 Å². The van der Waals surface area contributed by atoms with E-state index in [-0.39, 0.29) is 19.0 Å². The van der Waals surface area contributed by atoms with Gasteiger partial charge in [0.15, 0.2) is 0 Å². The molecular formula is C23H30N4O5. The molecule has 1 fully saturated rings. The van der Waals surface area contributed by atoms with Gasteiger partial charge in [-0.05, 0) is 45.2 Å². The molecule has 1 unspecified atom stereocenters. The molecule has 0 radical (unpaired) electrons. The lowest BCUT2D eigenvalue weighted by Gasteiger charge is -2.28. The summed E-state index contributed by atoms with van der Waals surface area (Å²) < 4.78 is 7.01. The van der Waals surface area contributed by atoms with Crippen molar-refractivity contribution in [2.24, 2.45) is 0 Å². The van der Waals surface area contributed by atoms with Crippen LogP contribution in [-0.2, 0) is 20.7 Å². The maximum absolute atomic E-state index is 13.5. The Kier molecular flexibility index (Phi) is 7.17. The summed E-state index contributed by atoms with van der Waals surface area (Å²) in [4.78, 5) is 39.1. The molecule has 3 rings (SSSR count). The minimum absolute atomic E-state index is 0.204. The maximum Gasteiger partial charge on any atom is 0.408 e. The molecule has 172 valence electrons. The number of carbonyl (C=O) groups is 3. The van der Waals surface area contributed by atoms with Gasteiger partial charge in [0.1, 0.15) is 17.7 Å². The smallest absolute Gasteiger partial charge is 0.408 e. The Bertz CT molecular complexity index is 924. The topological polar surface area (TPSA) is 114 Å². The molecule has 1 aliphatic heterocycles. The van der Waals surface area contributed by atoms with E-state index in [9.17, 15) is 19.5 Å². The van der Waals surface area contributed by atoms with Crippen molar-refractivity contribution in [3.8, 4) is 0 Å². The van der Waals surface area contributed by atoms with Crippen molar-refractivity contribution in [3.63, 3.8) is 0 Å². The van der Waals surface area contributed by atoms with Crippen LogP contribution in [0.4, 0.5) is 4.79 Å². The summed E-state index contributed by atoms with van der Waals surface area (Å²) in [6, 6.07) is 9.21. The zero-order valence-electron chi connectivity index (χ0n) is 18.6. The number of aromatic nitrogens is 2. The van der Waals surface area contributed by atoms with Gasteiger partial charge in [-0.3, -0.25) is 9.48 Å². The van der Waals surface area contributed by atoms with E-state index < -0.39 is 35.7 Å². The van der Waals surface area contributed by atoms with Gasteiger partial charge in [0.05, 0.1) is 6.04 Å². The van der Waals surface area contributed by atoms with Crippen molar-refractivity contribution < 1.29 is 24.2 Å². The van der Waals surface area contributed by atoms with Crippen LogP contribution in [0, 0.1) is 0 Å². The second kappa shape index (κ2) is 9.84. The van der Waals surface area contributed by atoms with Crippen LogP contribution in [0.2, 0.25) is 0 Å². The number of aliphatic carboxylic acids is 1. The highest BCUT2D eigenvalue weighted by Crippen LogP contribution is 2.28. The van der Waals surface area contributed by atoms with Crippen LogP contribution in [0.1, 0.15) is 45.2 Å². The first-order chi connectivity index (χ1) is 15.1. The number of amides is 2. The highest BCUT2D eigenvalue weighted by atomic mass is 16.6. The van der Waals surface area contributed by atoms with Crippen molar-refractivity contribution >= 4 is 18.0 Å². The fourth-order valence-corrected chi connectivity index (χ4v) is 3.84. The summed E-state index contributed by atoms with van der Waals surface area (Å²) in [5, 5.41) is 16.6. The van der Waals surface area contributed by atoms with Gasteiger partial charge in [0, 0.05) is 25.4 Å². The molecule has 1 saturated heterocycles. The normalized spacial score (nSPS) is 19.4. The molecule has 3 atom stereocenters. The second-order valence-electron chi connectivity index (χ2n) is 8.94. The summed E-state index contributed by atoms with van der Waals surface area (Å²) in [5.74, 6) is -1.51. The molecule has 0 spiro atoms. The first kappa shape index (κ1) is 23.3. The largest absolute Gasteiger partial charge is 0.480 e. The number of likely N-dealkylation sites (tertiary alicyclic amines) is 1. The van der Waals surface area contributed by atoms with Crippen LogP contribution in [0.25, 0.3) is 0 Å². The minimum atomic E-state index is -1.08. The Morgan fingerprint density at radius 3 is 2.53 bits per heavy atom. The molecule has 9 heteroatoms. The van der Waals surface area contributed by atoms with Crippen molar-refractivity contribution in [3.05, 3.63) is 54.4 Å². The number of hydrogen-bond acceptors (Lipinski definition) is 5. The second-order valence-corrected chi connectivity index (χ2v) is 8.94. The van der Waals surface area contributed by atoms with Crippen LogP contribution in [0.3, 0.4) is 0 Å². The first-order valence-corrected chi connectivity index (χ1v) is 10.7. The van der Waals surface area contributed by atoms with Gasteiger partial charge in [-0.1, -0.05) is 30.3 Å². The summed E-state index contributed by atoms with van der Waals surface area (Å²) in [5.41, 5.74) is 0.293. The zero-order chi connectivity index (χ0) is 23.3. The van der Waals surface area contributed by atoms with Crippen LogP contribution >= 0.6 is 0 Å². The van der Waals surface area contributed by atoms with Crippen molar-refractivity contribution in [1.29, 1.82) is 0 Å². The van der Waals surface area contributed by atoms with Crippen LogP contribution in [0.5, 0.6) is 0 Å². The highest BCUT2D eigenvalue weighted by Gasteiger charge is 2.43. The van der Waals surface area contributed by atoms with Gasteiger partial charge in [-0.25, -0.2) is 9.59 Å². The third-order valence-electron chi connectivity index (χ3n) is 5.30. The van der Waals surface area contributed by atoms with E-state index in [1.807, 2.05) is 30.3 Å². The monoisotopic (exact) mass is 442 g/mol. The Morgan fingerprint density at radius 2 is 1.94 bits per heavy atom. The average Bonchev–Trinajstić information content (AvgIpc) is 3.39. The van der Waals surface area contributed by atoms with Crippen LogP contribution < -0.4 is 5.32 Å². The number of carboxylic acids is 1. The highest BCUT2D eigenvalue weighted by molar-refractivity contribution is 5.90. The fourth-order valence-electron chi connectivity index (χ4n) is 3.84. The van der Waals surface area contributed by atoms with E-state index in [4.69, 9.17) is 4.74 Å². The SMILES string of the molecule is CC(C)(C)OC(=O)N[C@H](CCc1ccccc1)C(=O)N1CC(n2cccn2)C[C@H]1C(=O)O. The molecule has 0 bridgehead atoms. The lowest BCUT2D eigenvalue weighted by atomic mass is 10.0. The van der Waals surface area contributed by atoms with Gasteiger partial charge in [-0.2, -0.15) is 5.10 Å². The third kappa shape index (κ3) is 6.09. The summed E-state index contributed by atoms with van der Waals surface area (Å²) in [6.45, 7) is 5.42. The Labute approximate surface area is 187 Å². The molecule has 2 N–H and O–H groups in total. The van der Waals surface area contributed by atoms with Crippen LogP contribution in [0.15, 0.2) is 48.8 Å². The molecular weight excluding hydrogens is 412 g/mol. The van der Waals surface area contributed by atoms with E-state index >= 15 is 0 Å². The van der Waals surface area contributed by atoms with Gasteiger partial charge in [0.2, 0.25) is 5.91 Å². The predicted octanol–water partition coefficient (Wildman–Crippen LogP) is 2.64. The predicted molar refractivity (Wildman–Crippen MR) is 117 cm³/mol. The quantitative estimate of drug-likeness (QED) is 0.681. The standard InChI is InChI=1S/C23H30N4O5/c1-23(2,3)32-22(31)25-18(11-10-16-8-5-4-6-9-16)20(28)26-15-17(14-19(26)21(29)30)27-13-7-12-24-27/h4-9,12-13,17-19H,10-11,14-15H2,1-3H3,(H,25,31)(H,29,30)/t17?,18-,19+/m1/s1. The number of nitrogens with one attached hydrogen (secondary N) is 1. The van der Waals surface area contributed by atoms with Gasteiger partial charge < -0.3 is 20.1 Å². The molecule has 1 aromatic heterocycles. The number of aryl methyl sites for hydroxylation is 1. The summed E-state index contributed by atoms with van der Waals surface area (Å²) >= 11 is 0. The number of alkyl carbamates (subject to hydrolysis) is 1. The molecule has 32 heavy (non-hydrogen) atoms. The molecule has 2 amide bonds. The molecule has 9 nitrogen and oxygen atoms in total. The molecule has 0 saturated carbocycles. The number of hydrogen-bond donors (Lipinski definition) is 2. The molecule has 0 aliphatic carbocycles. The van der Waals surface area contributed by atoms with Crippen molar-refractivity contribution in [2.75, 3.05) is 6.54 Å². The Morgan fingerprint density at radius 1 is 1.22 bits per heavy atom. The lowest BCUT2D eigenvalue weighted by molar-refractivity contribution is -0.149. The average molecular weight is 443 g/mol. The Hall–Kier alpha value is -3.36. The summed E-state index contributed by atoms with van der Waals surface area (Å²) in [6.07, 6.45) is 3.77. The van der Waals surface area contributed by atoms with E-state index in [2.05, 4.69) is 10.4 Å².